The summed E-state index contributed by atoms with van der Waals surface area (Å²) < 4.78 is 6.46. The average molecular weight is 373 g/mol. The third-order valence-corrected chi connectivity index (χ3v) is 3.61. The van der Waals surface area contributed by atoms with Crippen molar-refractivity contribution in [2.45, 2.75) is 26.5 Å². The van der Waals surface area contributed by atoms with E-state index < -0.39 is 0 Å². The van der Waals surface area contributed by atoms with Crippen LogP contribution in [0.25, 0.3) is 11.0 Å². The summed E-state index contributed by atoms with van der Waals surface area (Å²) in [5.41, 5.74) is 3.72. The van der Waals surface area contributed by atoms with Gasteiger partial charge in [0.25, 0.3) is 0 Å². The number of halogens is 1. The number of fused-ring (bicyclic) bond motifs is 1. The van der Waals surface area contributed by atoms with E-state index >= 15 is 0 Å². The minimum absolute atomic E-state index is 0.125. The fourth-order valence-corrected chi connectivity index (χ4v) is 2.49. The Hall–Kier alpha value is -2.21. The van der Waals surface area contributed by atoms with Gasteiger partial charge in [-0.1, -0.05) is 6.07 Å². The SMILES string of the molecule is CC(C)Oc1ccc(CNc2ccnc3cc(Br)cnc23)cn1. The molecule has 1 N–H and O–H groups in total. The molecule has 3 aromatic heterocycles. The Bertz CT molecular complexity index is 805. The molecule has 0 amide bonds. The van der Waals surface area contributed by atoms with Gasteiger partial charge in [-0.2, -0.15) is 0 Å². The Morgan fingerprint density at radius 1 is 1.13 bits per heavy atom. The molecule has 0 aliphatic carbocycles. The molecule has 0 bridgehead atoms. The minimum atomic E-state index is 0.125. The van der Waals surface area contributed by atoms with E-state index in [1.807, 2.05) is 44.3 Å². The fraction of sp³-hybridized carbons (Fsp3) is 0.235. The first-order valence-corrected chi connectivity index (χ1v) is 8.17. The van der Waals surface area contributed by atoms with Crippen LogP contribution in [0.5, 0.6) is 5.88 Å². The third kappa shape index (κ3) is 3.96. The first kappa shape index (κ1) is 15.7. The van der Waals surface area contributed by atoms with Crippen molar-refractivity contribution in [3.63, 3.8) is 0 Å². The van der Waals surface area contributed by atoms with Crippen molar-refractivity contribution in [3.05, 3.63) is 52.9 Å². The summed E-state index contributed by atoms with van der Waals surface area (Å²) in [5, 5.41) is 3.39. The molecular weight excluding hydrogens is 356 g/mol. The molecule has 3 rings (SSSR count). The third-order valence-electron chi connectivity index (χ3n) is 3.18. The smallest absolute Gasteiger partial charge is 0.213 e. The number of pyridine rings is 3. The van der Waals surface area contributed by atoms with Crippen LogP contribution in [0.1, 0.15) is 19.4 Å². The number of nitrogens with one attached hydrogen (secondary N) is 1. The van der Waals surface area contributed by atoms with Gasteiger partial charge in [0.2, 0.25) is 5.88 Å². The van der Waals surface area contributed by atoms with Gasteiger partial charge < -0.3 is 10.1 Å². The van der Waals surface area contributed by atoms with Crippen molar-refractivity contribution in [2.24, 2.45) is 0 Å². The van der Waals surface area contributed by atoms with E-state index in [0.717, 1.165) is 26.8 Å². The summed E-state index contributed by atoms with van der Waals surface area (Å²) in [7, 11) is 0. The van der Waals surface area contributed by atoms with Gasteiger partial charge in [0.15, 0.2) is 0 Å². The van der Waals surface area contributed by atoms with Gasteiger partial charge in [0.05, 0.1) is 17.3 Å². The van der Waals surface area contributed by atoms with Crippen molar-refractivity contribution in [3.8, 4) is 5.88 Å². The van der Waals surface area contributed by atoms with Crippen LogP contribution in [-0.4, -0.2) is 21.1 Å². The van der Waals surface area contributed by atoms with Gasteiger partial charge in [0.1, 0.15) is 5.52 Å². The molecule has 3 heterocycles. The lowest BCUT2D eigenvalue weighted by Gasteiger charge is -2.10. The largest absolute Gasteiger partial charge is 0.475 e. The summed E-state index contributed by atoms with van der Waals surface area (Å²) >= 11 is 3.41. The Kier molecular flexibility index (Phi) is 4.71. The average Bonchev–Trinajstić information content (AvgIpc) is 2.53. The number of hydrogen-bond acceptors (Lipinski definition) is 5. The van der Waals surface area contributed by atoms with E-state index in [4.69, 9.17) is 4.74 Å². The molecule has 0 atom stereocenters. The molecular formula is C17H17BrN4O. The van der Waals surface area contributed by atoms with Gasteiger partial charge >= 0.3 is 0 Å². The number of aromatic nitrogens is 3. The molecule has 118 valence electrons. The lowest BCUT2D eigenvalue weighted by Crippen LogP contribution is -2.07. The standard InChI is InChI=1S/C17H17BrN4O/c1-11(2)23-16-4-3-12(9-21-16)8-20-14-5-6-19-15-7-13(18)10-22-17(14)15/h3-7,9-11H,8H2,1-2H3,(H,19,20). The van der Waals surface area contributed by atoms with Crippen LogP contribution >= 0.6 is 15.9 Å². The van der Waals surface area contributed by atoms with Crippen molar-refractivity contribution in [2.75, 3.05) is 5.32 Å². The Labute approximate surface area is 143 Å². The Balaban J connectivity index is 1.73. The maximum Gasteiger partial charge on any atom is 0.213 e. The molecule has 0 saturated heterocycles. The van der Waals surface area contributed by atoms with Crippen LogP contribution < -0.4 is 10.1 Å². The molecule has 23 heavy (non-hydrogen) atoms. The van der Waals surface area contributed by atoms with E-state index in [1.165, 1.54) is 0 Å². The predicted octanol–water partition coefficient (Wildman–Crippen LogP) is 4.19. The molecule has 6 heteroatoms. The second kappa shape index (κ2) is 6.91. The van der Waals surface area contributed by atoms with Gasteiger partial charge in [0, 0.05) is 35.7 Å². The fourth-order valence-electron chi connectivity index (χ4n) is 2.17. The monoisotopic (exact) mass is 372 g/mol. The highest BCUT2D eigenvalue weighted by molar-refractivity contribution is 9.10. The first-order chi connectivity index (χ1) is 11.1. The van der Waals surface area contributed by atoms with Crippen LogP contribution in [-0.2, 0) is 6.54 Å². The number of anilines is 1. The van der Waals surface area contributed by atoms with Crippen molar-refractivity contribution >= 4 is 32.7 Å². The molecule has 0 spiro atoms. The zero-order valence-electron chi connectivity index (χ0n) is 13.0. The van der Waals surface area contributed by atoms with Crippen LogP contribution in [0.3, 0.4) is 0 Å². The second-order valence-corrected chi connectivity index (χ2v) is 6.32. The Morgan fingerprint density at radius 3 is 2.74 bits per heavy atom. The van der Waals surface area contributed by atoms with Crippen LogP contribution in [0.4, 0.5) is 5.69 Å². The molecule has 0 unspecified atom stereocenters. The minimum Gasteiger partial charge on any atom is -0.475 e. The molecule has 0 saturated carbocycles. The maximum absolute atomic E-state index is 5.55. The highest BCUT2D eigenvalue weighted by atomic mass is 79.9. The van der Waals surface area contributed by atoms with Crippen molar-refractivity contribution in [1.82, 2.24) is 15.0 Å². The summed E-state index contributed by atoms with van der Waals surface area (Å²) in [6, 6.07) is 7.77. The van der Waals surface area contributed by atoms with Crippen LogP contribution in [0.2, 0.25) is 0 Å². The molecule has 5 nitrogen and oxygen atoms in total. The van der Waals surface area contributed by atoms with Crippen LogP contribution in [0.15, 0.2) is 47.3 Å². The quantitative estimate of drug-likeness (QED) is 0.727. The van der Waals surface area contributed by atoms with Gasteiger partial charge in [-0.05, 0) is 47.5 Å². The predicted molar refractivity (Wildman–Crippen MR) is 94.6 cm³/mol. The highest BCUT2D eigenvalue weighted by Gasteiger charge is 2.05. The zero-order chi connectivity index (χ0) is 16.2. The van der Waals surface area contributed by atoms with Crippen LogP contribution in [0, 0.1) is 0 Å². The van der Waals surface area contributed by atoms with E-state index in [9.17, 15) is 0 Å². The molecule has 0 radical (unpaired) electrons. The van der Waals surface area contributed by atoms with Gasteiger partial charge in [-0.3, -0.25) is 9.97 Å². The second-order valence-electron chi connectivity index (χ2n) is 5.40. The van der Waals surface area contributed by atoms with E-state index in [0.29, 0.717) is 12.4 Å². The summed E-state index contributed by atoms with van der Waals surface area (Å²) in [4.78, 5) is 13.1. The first-order valence-electron chi connectivity index (χ1n) is 7.37. The van der Waals surface area contributed by atoms with E-state index in [2.05, 4.69) is 36.2 Å². The summed E-state index contributed by atoms with van der Waals surface area (Å²) in [6.45, 7) is 4.62. The number of ether oxygens (including phenoxy) is 1. The number of hydrogen-bond donors (Lipinski definition) is 1. The van der Waals surface area contributed by atoms with Crippen molar-refractivity contribution in [1.29, 1.82) is 0 Å². The molecule has 0 aromatic carbocycles. The number of rotatable bonds is 5. The molecule has 3 aromatic rings. The highest BCUT2D eigenvalue weighted by Crippen LogP contribution is 2.22. The summed E-state index contributed by atoms with van der Waals surface area (Å²) in [6.07, 6.45) is 5.49. The van der Waals surface area contributed by atoms with E-state index in [-0.39, 0.29) is 6.10 Å². The van der Waals surface area contributed by atoms with Crippen molar-refractivity contribution < 1.29 is 4.74 Å². The van der Waals surface area contributed by atoms with E-state index in [1.54, 1.807) is 12.4 Å². The molecule has 0 aliphatic rings. The topological polar surface area (TPSA) is 59.9 Å². The lowest BCUT2D eigenvalue weighted by atomic mass is 10.2. The molecule has 0 aliphatic heterocycles. The lowest BCUT2D eigenvalue weighted by molar-refractivity contribution is 0.232. The number of nitrogens with zero attached hydrogens (tertiary/aromatic N) is 3. The molecule has 0 fully saturated rings. The Morgan fingerprint density at radius 2 is 2.00 bits per heavy atom. The normalized spacial score (nSPS) is 11.0. The zero-order valence-corrected chi connectivity index (χ0v) is 14.5. The maximum atomic E-state index is 5.55. The van der Waals surface area contributed by atoms with Gasteiger partial charge in [-0.15, -0.1) is 0 Å². The van der Waals surface area contributed by atoms with Gasteiger partial charge in [-0.25, -0.2) is 4.98 Å². The summed E-state index contributed by atoms with van der Waals surface area (Å²) in [5.74, 6) is 0.643.